The second-order valence-electron chi connectivity index (χ2n) is 5.97. The predicted molar refractivity (Wildman–Crippen MR) is 106 cm³/mol. The molecule has 0 aliphatic carbocycles. The number of amides is 1. The second-order valence-corrected chi connectivity index (χ2v) is 7.06. The Labute approximate surface area is 162 Å². The Morgan fingerprint density at radius 3 is 2.81 bits per heavy atom. The Kier molecular flexibility index (Phi) is 6.19. The summed E-state index contributed by atoms with van der Waals surface area (Å²) in [5, 5.41) is 3.72. The summed E-state index contributed by atoms with van der Waals surface area (Å²) >= 11 is 1.53. The van der Waals surface area contributed by atoms with Gasteiger partial charge in [-0.05, 0) is 38.1 Å². The number of benzene rings is 2. The Hall–Kier alpha value is -2.73. The van der Waals surface area contributed by atoms with Gasteiger partial charge in [-0.1, -0.05) is 24.3 Å². The summed E-state index contributed by atoms with van der Waals surface area (Å²) in [6, 6.07) is 13.6. The van der Waals surface area contributed by atoms with E-state index in [9.17, 15) is 9.18 Å². The molecule has 0 aliphatic rings. The fourth-order valence-electron chi connectivity index (χ4n) is 2.73. The zero-order chi connectivity index (χ0) is 19.2. The van der Waals surface area contributed by atoms with E-state index in [1.165, 1.54) is 23.5 Å². The molecule has 0 radical (unpaired) electrons. The van der Waals surface area contributed by atoms with Crippen LogP contribution in [0.5, 0.6) is 5.75 Å². The molecule has 0 atom stereocenters. The highest BCUT2D eigenvalue weighted by molar-refractivity contribution is 7.15. The fourth-order valence-corrected chi connectivity index (χ4v) is 3.78. The molecule has 1 heterocycles. The Morgan fingerprint density at radius 1 is 1.22 bits per heavy atom. The van der Waals surface area contributed by atoms with E-state index in [1.54, 1.807) is 18.2 Å². The highest BCUT2D eigenvalue weighted by Crippen LogP contribution is 2.28. The van der Waals surface area contributed by atoms with Gasteiger partial charge in [0.25, 0.3) is 5.91 Å². The molecule has 0 fully saturated rings. The van der Waals surface area contributed by atoms with E-state index in [0.717, 1.165) is 21.1 Å². The average Bonchev–Trinajstić information content (AvgIpc) is 3.03. The van der Waals surface area contributed by atoms with Gasteiger partial charge in [-0.3, -0.25) is 4.79 Å². The molecule has 4 nitrogen and oxygen atoms in total. The van der Waals surface area contributed by atoms with Crippen LogP contribution in [0.2, 0.25) is 0 Å². The van der Waals surface area contributed by atoms with Gasteiger partial charge >= 0.3 is 0 Å². The molecule has 0 saturated heterocycles. The first-order valence-electron chi connectivity index (χ1n) is 8.80. The number of hydrogen-bond acceptors (Lipinski definition) is 4. The van der Waals surface area contributed by atoms with E-state index >= 15 is 0 Å². The summed E-state index contributed by atoms with van der Waals surface area (Å²) in [6.07, 6.45) is 0.668. The van der Waals surface area contributed by atoms with Gasteiger partial charge < -0.3 is 10.1 Å². The van der Waals surface area contributed by atoms with Crippen molar-refractivity contribution in [2.75, 3.05) is 13.2 Å². The topological polar surface area (TPSA) is 51.2 Å². The van der Waals surface area contributed by atoms with Crippen molar-refractivity contribution in [1.29, 1.82) is 0 Å². The minimum atomic E-state index is -0.276. The van der Waals surface area contributed by atoms with E-state index in [0.29, 0.717) is 30.9 Å². The number of aromatic nitrogens is 1. The van der Waals surface area contributed by atoms with Crippen LogP contribution in [-0.4, -0.2) is 24.0 Å². The summed E-state index contributed by atoms with van der Waals surface area (Å²) in [4.78, 5) is 18.0. The number of rotatable bonds is 7. The van der Waals surface area contributed by atoms with Gasteiger partial charge in [-0.15, -0.1) is 11.3 Å². The van der Waals surface area contributed by atoms with Crippen molar-refractivity contribution in [2.24, 2.45) is 0 Å². The number of nitrogens with one attached hydrogen (secondary N) is 1. The summed E-state index contributed by atoms with van der Waals surface area (Å²) in [6.45, 7) is 4.82. The average molecular weight is 384 g/mol. The zero-order valence-corrected chi connectivity index (χ0v) is 16.1. The van der Waals surface area contributed by atoms with Crippen LogP contribution >= 0.6 is 11.3 Å². The van der Waals surface area contributed by atoms with Gasteiger partial charge in [-0.2, -0.15) is 0 Å². The van der Waals surface area contributed by atoms with Gasteiger partial charge in [0.1, 0.15) is 16.6 Å². The lowest BCUT2D eigenvalue weighted by atomic mass is 10.2. The van der Waals surface area contributed by atoms with Crippen LogP contribution in [0.4, 0.5) is 4.39 Å². The van der Waals surface area contributed by atoms with Crippen molar-refractivity contribution in [3.8, 4) is 16.3 Å². The molecule has 2 aromatic carbocycles. The smallest absolute Gasteiger partial charge is 0.255 e. The SMILES string of the molecule is CCOc1ccccc1C(=O)NCCc1sc(-c2cccc(F)c2)nc1C. The molecule has 27 heavy (non-hydrogen) atoms. The largest absolute Gasteiger partial charge is 0.493 e. The lowest BCUT2D eigenvalue weighted by molar-refractivity contribution is 0.0950. The summed E-state index contributed by atoms with van der Waals surface area (Å²) in [5.41, 5.74) is 2.20. The van der Waals surface area contributed by atoms with Crippen LogP contribution in [-0.2, 0) is 6.42 Å². The van der Waals surface area contributed by atoms with Crippen molar-refractivity contribution in [3.63, 3.8) is 0 Å². The molecule has 0 bridgehead atoms. The Balaban J connectivity index is 1.63. The maximum absolute atomic E-state index is 13.4. The van der Waals surface area contributed by atoms with E-state index < -0.39 is 0 Å². The molecule has 0 aliphatic heterocycles. The van der Waals surface area contributed by atoms with Crippen molar-refractivity contribution < 1.29 is 13.9 Å². The number of hydrogen-bond donors (Lipinski definition) is 1. The highest BCUT2D eigenvalue weighted by atomic mass is 32.1. The first-order valence-corrected chi connectivity index (χ1v) is 9.62. The number of ether oxygens (including phenoxy) is 1. The van der Waals surface area contributed by atoms with Crippen molar-refractivity contribution >= 4 is 17.2 Å². The van der Waals surface area contributed by atoms with Crippen LogP contribution in [0.25, 0.3) is 10.6 Å². The van der Waals surface area contributed by atoms with Crippen LogP contribution in [0.1, 0.15) is 27.9 Å². The molecule has 3 rings (SSSR count). The number of carbonyl (C=O) groups excluding carboxylic acids is 1. The molecule has 3 aromatic rings. The van der Waals surface area contributed by atoms with Crippen LogP contribution < -0.4 is 10.1 Å². The third kappa shape index (κ3) is 4.71. The predicted octanol–water partition coefficient (Wildman–Crippen LogP) is 4.63. The normalized spacial score (nSPS) is 10.6. The molecular weight excluding hydrogens is 363 g/mol. The molecule has 1 amide bonds. The maximum atomic E-state index is 13.4. The Bertz CT molecular complexity index is 939. The van der Waals surface area contributed by atoms with Crippen molar-refractivity contribution in [2.45, 2.75) is 20.3 Å². The van der Waals surface area contributed by atoms with Crippen LogP contribution in [0.3, 0.4) is 0 Å². The van der Waals surface area contributed by atoms with E-state index in [2.05, 4.69) is 10.3 Å². The quantitative estimate of drug-likeness (QED) is 0.646. The molecular formula is C21H21FN2O2S. The minimum absolute atomic E-state index is 0.161. The lowest BCUT2D eigenvalue weighted by Gasteiger charge is -2.10. The first kappa shape index (κ1) is 19.0. The highest BCUT2D eigenvalue weighted by Gasteiger charge is 2.13. The van der Waals surface area contributed by atoms with E-state index in [1.807, 2.05) is 32.0 Å². The molecule has 0 unspecified atom stereocenters. The van der Waals surface area contributed by atoms with Gasteiger partial charge in [0.15, 0.2) is 0 Å². The third-order valence-corrected chi connectivity index (χ3v) is 5.30. The molecule has 0 saturated carbocycles. The van der Waals surface area contributed by atoms with Crippen LogP contribution in [0.15, 0.2) is 48.5 Å². The number of carbonyl (C=O) groups is 1. The standard InChI is InChI=1S/C21H21FN2O2S/c1-3-26-18-10-5-4-9-17(18)20(25)23-12-11-19-14(2)24-21(27-19)15-7-6-8-16(22)13-15/h4-10,13H,3,11-12H2,1-2H3,(H,23,25). The monoisotopic (exact) mass is 384 g/mol. The van der Waals surface area contributed by atoms with Gasteiger partial charge in [-0.25, -0.2) is 9.37 Å². The first-order chi connectivity index (χ1) is 13.1. The molecule has 6 heteroatoms. The zero-order valence-electron chi connectivity index (χ0n) is 15.3. The lowest BCUT2D eigenvalue weighted by Crippen LogP contribution is -2.26. The molecule has 140 valence electrons. The minimum Gasteiger partial charge on any atom is -0.493 e. The summed E-state index contributed by atoms with van der Waals surface area (Å²) in [5.74, 6) is 0.147. The van der Waals surface area contributed by atoms with Gasteiger partial charge in [0, 0.05) is 23.4 Å². The van der Waals surface area contributed by atoms with E-state index in [4.69, 9.17) is 4.74 Å². The summed E-state index contributed by atoms with van der Waals surface area (Å²) in [7, 11) is 0. The maximum Gasteiger partial charge on any atom is 0.255 e. The van der Waals surface area contributed by atoms with Gasteiger partial charge in [0.2, 0.25) is 0 Å². The van der Waals surface area contributed by atoms with Gasteiger partial charge in [0.05, 0.1) is 17.9 Å². The molecule has 1 N–H and O–H groups in total. The number of nitrogens with zero attached hydrogens (tertiary/aromatic N) is 1. The number of aryl methyl sites for hydroxylation is 1. The second kappa shape index (κ2) is 8.77. The molecule has 1 aromatic heterocycles. The Morgan fingerprint density at radius 2 is 2.04 bits per heavy atom. The third-order valence-electron chi connectivity index (χ3n) is 4.03. The number of halogens is 1. The molecule has 0 spiro atoms. The summed E-state index contributed by atoms with van der Waals surface area (Å²) < 4.78 is 18.9. The van der Waals surface area contributed by atoms with Crippen LogP contribution in [0, 0.1) is 12.7 Å². The number of para-hydroxylation sites is 1. The fraction of sp³-hybridized carbons (Fsp3) is 0.238. The van der Waals surface area contributed by atoms with Crippen molar-refractivity contribution in [1.82, 2.24) is 10.3 Å². The van der Waals surface area contributed by atoms with E-state index in [-0.39, 0.29) is 11.7 Å². The number of thiazole rings is 1. The van der Waals surface area contributed by atoms with Crippen molar-refractivity contribution in [3.05, 3.63) is 70.5 Å².